The lowest BCUT2D eigenvalue weighted by atomic mass is 9.63. The Morgan fingerprint density at radius 2 is 1.09 bits per heavy atom. The second-order valence-electron chi connectivity index (χ2n) is 15.3. The largest absolute Gasteiger partial charge is 0.456 e. The lowest BCUT2D eigenvalue weighted by molar-refractivity contribution is 0.431. The van der Waals surface area contributed by atoms with Crippen molar-refractivity contribution in [3.63, 3.8) is 0 Å². The zero-order valence-electron chi connectivity index (χ0n) is 31.6. The fourth-order valence-corrected chi connectivity index (χ4v) is 9.45. The predicted molar refractivity (Wildman–Crippen MR) is 232 cm³/mol. The Morgan fingerprint density at radius 3 is 1.91 bits per heavy atom. The molecule has 3 nitrogen and oxygen atoms in total. The highest BCUT2D eigenvalue weighted by Gasteiger charge is 2.52. The van der Waals surface area contributed by atoms with Gasteiger partial charge in [0.05, 0.1) is 16.8 Å². The predicted octanol–water partition coefficient (Wildman–Crippen LogP) is 13.6. The first kappa shape index (κ1) is 33.3. The third-order valence-corrected chi connectivity index (χ3v) is 12.0. The number of nitrogens with zero attached hydrogens (tertiary/aromatic N) is 2. The average Bonchev–Trinajstić information content (AvgIpc) is 3.56. The molecule has 0 fully saturated rings. The standard InChI is InChI=1S/C54H38N2O/c1-35-30-31-43-42-23-10-11-26-45(42)54(48(43)32-35)46-27-12-13-29-51(46)57-52-41(25-15-28-47(52)54)38-20-14-21-39(33-38)49-34-50(56-53(55-49)37-18-6-3-7-19-37)44-24-9-8-22-40(44)36-16-4-2-5-17-36/h2-31,33-35H,32H2,1H3. The van der Waals surface area contributed by atoms with Crippen molar-refractivity contribution in [1.29, 1.82) is 0 Å². The first-order valence-electron chi connectivity index (χ1n) is 19.8. The number of aromatic nitrogens is 2. The third kappa shape index (κ3) is 5.27. The number of hydrogen-bond acceptors (Lipinski definition) is 3. The molecule has 0 amide bonds. The van der Waals surface area contributed by atoms with E-state index in [4.69, 9.17) is 14.7 Å². The van der Waals surface area contributed by atoms with Crippen molar-refractivity contribution in [2.45, 2.75) is 18.8 Å². The van der Waals surface area contributed by atoms with Crippen molar-refractivity contribution in [2.75, 3.05) is 0 Å². The van der Waals surface area contributed by atoms with Gasteiger partial charge in [0.15, 0.2) is 5.82 Å². The summed E-state index contributed by atoms with van der Waals surface area (Å²) >= 11 is 0. The Bertz CT molecular complexity index is 2930. The van der Waals surface area contributed by atoms with Crippen molar-refractivity contribution in [2.24, 2.45) is 5.92 Å². The molecule has 0 bridgehead atoms. The van der Waals surface area contributed by atoms with Crippen LogP contribution in [-0.2, 0) is 5.41 Å². The first-order chi connectivity index (χ1) is 28.2. The van der Waals surface area contributed by atoms with Crippen LogP contribution in [0.15, 0.2) is 200 Å². The van der Waals surface area contributed by atoms with E-state index < -0.39 is 5.41 Å². The molecule has 2 aliphatic carbocycles. The summed E-state index contributed by atoms with van der Waals surface area (Å²) in [6.07, 6.45) is 5.71. The minimum atomic E-state index is -0.457. The van der Waals surface area contributed by atoms with Crippen LogP contribution >= 0.6 is 0 Å². The highest BCUT2D eigenvalue weighted by Crippen LogP contribution is 2.64. The number of allylic oxidation sites excluding steroid dienone is 4. The van der Waals surface area contributed by atoms with Crippen LogP contribution in [0.1, 0.15) is 35.6 Å². The second kappa shape index (κ2) is 13.3. The Hall–Kier alpha value is -7.10. The van der Waals surface area contributed by atoms with E-state index in [9.17, 15) is 0 Å². The molecule has 2 atom stereocenters. The monoisotopic (exact) mass is 730 g/mol. The van der Waals surface area contributed by atoms with Gasteiger partial charge in [0, 0.05) is 33.4 Å². The highest BCUT2D eigenvalue weighted by atomic mass is 16.5. The SMILES string of the molecule is CC1C=CC2=C(C1)C1(c3ccccc3Oc3c(-c4cccc(-c5cc(-c6ccccc6-c6ccccc6)nc(-c6ccccc6)n5)c4)cccc31)c1ccccc12. The van der Waals surface area contributed by atoms with Crippen LogP contribution in [0.25, 0.3) is 61.7 Å². The summed E-state index contributed by atoms with van der Waals surface area (Å²) in [7, 11) is 0. The molecule has 57 heavy (non-hydrogen) atoms. The molecule has 0 saturated heterocycles. The van der Waals surface area contributed by atoms with Gasteiger partial charge in [-0.15, -0.1) is 0 Å². The minimum absolute atomic E-state index is 0.437. The molecule has 7 aromatic carbocycles. The number of ether oxygens (including phenoxy) is 1. The van der Waals surface area contributed by atoms with Gasteiger partial charge in [-0.1, -0.05) is 183 Å². The second-order valence-corrected chi connectivity index (χ2v) is 15.3. The lowest BCUT2D eigenvalue weighted by Crippen LogP contribution is -2.34. The molecule has 0 radical (unpaired) electrons. The van der Waals surface area contributed by atoms with Gasteiger partial charge < -0.3 is 4.74 Å². The normalized spacial score (nSPS) is 17.4. The molecule has 11 rings (SSSR count). The Labute approximate surface area is 333 Å². The number of rotatable bonds is 5. The number of fused-ring (bicyclic) bond motifs is 8. The average molecular weight is 731 g/mol. The smallest absolute Gasteiger partial charge is 0.160 e. The fourth-order valence-electron chi connectivity index (χ4n) is 9.45. The molecular formula is C54H38N2O. The molecule has 2 heterocycles. The van der Waals surface area contributed by atoms with E-state index in [1.54, 1.807) is 0 Å². The van der Waals surface area contributed by atoms with E-state index in [0.29, 0.717) is 11.7 Å². The van der Waals surface area contributed by atoms with Gasteiger partial charge >= 0.3 is 0 Å². The molecule has 3 heteroatoms. The zero-order chi connectivity index (χ0) is 37.9. The Balaban J connectivity index is 1.10. The van der Waals surface area contributed by atoms with Gasteiger partial charge in [-0.05, 0) is 69.5 Å². The maximum atomic E-state index is 7.06. The molecule has 1 aromatic heterocycles. The van der Waals surface area contributed by atoms with Crippen molar-refractivity contribution in [3.8, 4) is 67.7 Å². The van der Waals surface area contributed by atoms with Crippen LogP contribution in [0, 0.1) is 5.92 Å². The van der Waals surface area contributed by atoms with E-state index >= 15 is 0 Å². The molecule has 1 aliphatic heterocycles. The lowest BCUT2D eigenvalue weighted by Gasteiger charge is -2.42. The van der Waals surface area contributed by atoms with Crippen LogP contribution < -0.4 is 4.74 Å². The maximum absolute atomic E-state index is 7.06. The van der Waals surface area contributed by atoms with E-state index in [1.165, 1.54) is 33.4 Å². The molecule has 0 N–H and O–H groups in total. The van der Waals surface area contributed by atoms with E-state index in [0.717, 1.165) is 68.3 Å². The summed E-state index contributed by atoms with van der Waals surface area (Å²) < 4.78 is 7.06. The number of para-hydroxylation sites is 2. The molecule has 0 saturated carbocycles. The zero-order valence-corrected chi connectivity index (χ0v) is 31.6. The summed E-state index contributed by atoms with van der Waals surface area (Å²) in [4.78, 5) is 10.4. The van der Waals surface area contributed by atoms with Crippen molar-refractivity contribution >= 4 is 5.57 Å². The van der Waals surface area contributed by atoms with Crippen molar-refractivity contribution in [3.05, 3.63) is 222 Å². The maximum Gasteiger partial charge on any atom is 0.160 e. The summed E-state index contributed by atoms with van der Waals surface area (Å²) in [5.74, 6) is 2.94. The van der Waals surface area contributed by atoms with E-state index in [1.807, 2.05) is 18.2 Å². The summed E-state index contributed by atoms with van der Waals surface area (Å²) in [5, 5.41) is 0. The quantitative estimate of drug-likeness (QED) is 0.177. The van der Waals surface area contributed by atoms with Gasteiger partial charge in [0.2, 0.25) is 0 Å². The summed E-state index contributed by atoms with van der Waals surface area (Å²) in [6, 6.07) is 64.5. The molecule has 1 spiro atoms. The van der Waals surface area contributed by atoms with Crippen molar-refractivity contribution < 1.29 is 4.74 Å². The fraction of sp³-hybridized carbons (Fsp3) is 0.0741. The van der Waals surface area contributed by atoms with Crippen LogP contribution in [0.3, 0.4) is 0 Å². The molecule has 3 aliphatic rings. The van der Waals surface area contributed by atoms with Gasteiger partial charge in [-0.3, -0.25) is 0 Å². The van der Waals surface area contributed by atoms with Crippen LogP contribution in [-0.4, -0.2) is 9.97 Å². The third-order valence-electron chi connectivity index (χ3n) is 12.0. The highest BCUT2D eigenvalue weighted by molar-refractivity contribution is 5.94. The van der Waals surface area contributed by atoms with E-state index in [2.05, 4.69) is 183 Å². The molecule has 8 aromatic rings. The topological polar surface area (TPSA) is 35.0 Å². The summed E-state index contributed by atoms with van der Waals surface area (Å²) in [5.41, 5.74) is 16.6. The van der Waals surface area contributed by atoms with Crippen LogP contribution in [0.5, 0.6) is 11.5 Å². The molecule has 270 valence electrons. The van der Waals surface area contributed by atoms with Gasteiger partial charge in [-0.2, -0.15) is 0 Å². The Morgan fingerprint density at radius 1 is 0.491 bits per heavy atom. The van der Waals surface area contributed by atoms with Gasteiger partial charge in [0.25, 0.3) is 0 Å². The number of hydrogen-bond donors (Lipinski definition) is 0. The van der Waals surface area contributed by atoms with Crippen molar-refractivity contribution in [1.82, 2.24) is 9.97 Å². The van der Waals surface area contributed by atoms with E-state index in [-0.39, 0.29) is 0 Å². The minimum Gasteiger partial charge on any atom is -0.456 e. The molecule has 2 unspecified atom stereocenters. The van der Waals surface area contributed by atoms with Gasteiger partial charge in [0.1, 0.15) is 11.5 Å². The van der Waals surface area contributed by atoms with Gasteiger partial charge in [-0.25, -0.2) is 9.97 Å². The van der Waals surface area contributed by atoms with Crippen LogP contribution in [0.4, 0.5) is 0 Å². The Kier molecular flexibility index (Phi) is 7.75. The van der Waals surface area contributed by atoms with Crippen LogP contribution in [0.2, 0.25) is 0 Å². The summed E-state index contributed by atoms with van der Waals surface area (Å²) in [6.45, 7) is 2.33. The first-order valence-corrected chi connectivity index (χ1v) is 19.8. The molecular weight excluding hydrogens is 693 g/mol. The number of benzene rings is 7.